The number of aromatic nitrogens is 1. The van der Waals surface area contributed by atoms with Gasteiger partial charge in [0.1, 0.15) is 29.7 Å². The molecule has 0 saturated carbocycles. The highest BCUT2D eigenvalue weighted by Crippen LogP contribution is 2.32. The van der Waals surface area contributed by atoms with E-state index in [2.05, 4.69) is 4.98 Å². The molecule has 3 rings (SSSR count). The van der Waals surface area contributed by atoms with Gasteiger partial charge in [0, 0.05) is 5.38 Å². The molecule has 2 aromatic carbocycles. The zero-order valence-corrected chi connectivity index (χ0v) is 15.4. The smallest absolute Gasteiger partial charge is 0.355 e. The number of hydrogen-bond donors (Lipinski definition) is 1. The number of hydrogen-bond acceptors (Lipinski definition) is 5. The number of carbonyl (C=O) groups is 1. The number of aryl methyl sites for hydroxylation is 1. The summed E-state index contributed by atoms with van der Waals surface area (Å²) in [6.07, 6.45) is 0. The molecule has 134 valence electrons. The van der Waals surface area contributed by atoms with Gasteiger partial charge in [-0.2, -0.15) is 0 Å². The van der Waals surface area contributed by atoms with E-state index in [0.29, 0.717) is 24.0 Å². The molecule has 6 heteroatoms. The molecule has 0 unspecified atom stereocenters. The molecule has 0 radical (unpaired) electrons. The molecular weight excluding hydrogens is 350 g/mol. The van der Waals surface area contributed by atoms with Gasteiger partial charge in [0.05, 0.1) is 5.56 Å². The number of nitrogens with zero attached hydrogens (tertiary/aromatic N) is 1. The summed E-state index contributed by atoms with van der Waals surface area (Å²) < 4.78 is 11.7. The predicted molar refractivity (Wildman–Crippen MR) is 101 cm³/mol. The second-order valence-corrected chi connectivity index (χ2v) is 6.59. The van der Waals surface area contributed by atoms with Gasteiger partial charge in [-0.25, -0.2) is 9.78 Å². The van der Waals surface area contributed by atoms with Crippen molar-refractivity contribution in [3.8, 4) is 22.1 Å². The SMILES string of the molecule is Cc1cccc(OCCOc2ccccc2-c2nc(C(=O)O)cs2)c1C. The summed E-state index contributed by atoms with van der Waals surface area (Å²) in [4.78, 5) is 15.2. The summed E-state index contributed by atoms with van der Waals surface area (Å²) in [7, 11) is 0. The molecule has 3 aromatic rings. The van der Waals surface area contributed by atoms with E-state index in [1.165, 1.54) is 22.3 Å². The molecule has 0 atom stereocenters. The van der Waals surface area contributed by atoms with Crippen LogP contribution in [0.15, 0.2) is 47.8 Å². The Bertz CT molecular complexity index is 920. The number of rotatable bonds is 7. The van der Waals surface area contributed by atoms with Gasteiger partial charge < -0.3 is 14.6 Å². The fraction of sp³-hybridized carbons (Fsp3) is 0.200. The first-order chi connectivity index (χ1) is 12.6. The zero-order chi connectivity index (χ0) is 18.5. The third-order valence-corrected chi connectivity index (χ3v) is 4.87. The van der Waals surface area contributed by atoms with Crippen molar-refractivity contribution >= 4 is 17.3 Å². The van der Waals surface area contributed by atoms with Crippen LogP contribution in [0.1, 0.15) is 21.6 Å². The molecule has 0 aliphatic heterocycles. The molecule has 1 heterocycles. The van der Waals surface area contributed by atoms with Gasteiger partial charge >= 0.3 is 5.97 Å². The number of para-hydroxylation sites is 1. The molecule has 26 heavy (non-hydrogen) atoms. The number of ether oxygens (including phenoxy) is 2. The van der Waals surface area contributed by atoms with E-state index in [1.807, 2.05) is 56.3 Å². The van der Waals surface area contributed by atoms with Crippen molar-refractivity contribution in [3.63, 3.8) is 0 Å². The van der Waals surface area contributed by atoms with E-state index in [1.54, 1.807) is 0 Å². The number of aromatic carboxylic acids is 1. The number of carboxylic acid groups (broad SMARTS) is 1. The minimum absolute atomic E-state index is 0.0399. The summed E-state index contributed by atoms with van der Waals surface area (Å²) in [5, 5.41) is 11.2. The minimum atomic E-state index is -1.03. The number of benzene rings is 2. The first-order valence-corrected chi connectivity index (χ1v) is 9.04. The summed E-state index contributed by atoms with van der Waals surface area (Å²) in [6.45, 7) is 4.87. The Morgan fingerprint density at radius 3 is 2.46 bits per heavy atom. The maximum atomic E-state index is 11.0. The Morgan fingerprint density at radius 2 is 1.73 bits per heavy atom. The molecule has 0 aliphatic carbocycles. The molecular formula is C20H19NO4S. The van der Waals surface area contributed by atoms with Crippen molar-refractivity contribution in [3.05, 3.63) is 64.7 Å². The van der Waals surface area contributed by atoms with Gasteiger partial charge in [0.25, 0.3) is 0 Å². The molecule has 0 spiro atoms. The van der Waals surface area contributed by atoms with Crippen molar-refractivity contribution < 1.29 is 19.4 Å². The topological polar surface area (TPSA) is 68.7 Å². The van der Waals surface area contributed by atoms with E-state index < -0.39 is 5.97 Å². The second kappa shape index (κ2) is 8.01. The van der Waals surface area contributed by atoms with Gasteiger partial charge in [-0.15, -0.1) is 11.3 Å². The van der Waals surface area contributed by atoms with Crippen molar-refractivity contribution in [2.45, 2.75) is 13.8 Å². The van der Waals surface area contributed by atoms with Gasteiger partial charge in [-0.3, -0.25) is 0 Å². The van der Waals surface area contributed by atoms with Crippen LogP contribution < -0.4 is 9.47 Å². The maximum absolute atomic E-state index is 11.0. The minimum Gasteiger partial charge on any atom is -0.490 e. The van der Waals surface area contributed by atoms with Crippen LogP contribution in [0.3, 0.4) is 0 Å². The lowest BCUT2D eigenvalue weighted by atomic mass is 10.1. The van der Waals surface area contributed by atoms with Gasteiger partial charge in [0.15, 0.2) is 5.69 Å². The van der Waals surface area contributed by atoms with Crippen LogP contribution in [0.25, 0.3) is 10.6 Å². The average molecular weight is 369 g/mol. The summed E-state index contributed by atoms with van der Waals surface area (Å²) in [5.74, 6) is 0.476. The van der Waals surface area contributed by atoms with E-state index in [-0.39, 0.29) is 5.69 Å². The highest BCUT2D eigenvalue weighted by molar-refractivity contribution is 7.13. The third kappa shape index (κ3) is 4.03. The quantitative estimate of drug-likeness (QED) is 0.617. The van der Waals surface area contributed by atoms with Crippen LogP contribution in [0.5, 0.6) is 11.5 Å². The lowest BCUT2D eigenvalue weighted by Gasteiger charge is -2.13. The fourth-order valence-corrected chi connectivity index (χ4v) is 3.27. The molecule has 0 aliphatic rings. The molecule has 0 bridgehead atoms. The Hall–Kier alpha value is -2.86. The van der Waals surface area contributed by atoms with Crippen LogP contribution in [0.4, 0.5) is 0 Å². The summed E-state index contributed by atoms with van der Waals surface area (Å²) >= 11 is 1.28. The molecule has 0 saturated heterocycles. The van der Waals surface area contributed by atoms with Crippen LogP contribution in [-0.2, 0) is 0 Å². The second-order valence-electron chi connectivity index (χ2n) is 5.73. The van der Waals surface area contributed by atoms with Crippen LogP contribution in [0, 0.1) is 13.8 Å². The first kappa shape index (κ1) is 17.9. The largest absolute Gasteiger partial charge is 0.490 e. The molecule has 0 amide bonds. The normalized spacial score (nSPS) is 10.5. The van der Waals surface area contributed by atoms with Gasteiger partial charge in [-0.05, 0) is 43.2 Å². The number of carboxylic acids is 1. The summed E-state index contributed by atoms with van der Waals surface area (Å²) in [6, 6.07) is 13.4. The molecule has 5 nitrogen and oxygen atoms in total. The van der Waals surface area contributed by atoms with E-state index in [4.69, 9.17) is 14.6 Å². The fourth-order valence-electron chi connectivity index (χ4n) is 2.45. The Labute approximate surface area is 155 Å². The lowest BCUT2D eigenvalue weighted by Crippen LogP contribution is -2.10. The van der Waals surface area contributed by atoms with Crippen molar-refractivity contribution in [1.82, 2.24) is 4.98 Å². The van der Waals surface area contributed by atoms with Gasteiger partial charge in [0.2, 0.25) is 0 Å². The average Bonchev–Trinajstić information content (AvgIpc) is 3.13. The molecule has 0 fully saturated rings. The zero-order valence-electron chi connectivity index (χ0n) is 14.6. The lowest BCUT2D eigenvalue weighted by molar-refractivity contribution is 0.0691. The van der Waals surface area contributed by atoms with Crippen molar-refractivity contribution in [2.75, 3.05) is 13.2 Å². The Balaban J connectivity index is 1.65. The summed E-state index contributed by atoms with van der Waals surface area (Å²) in [5.41, 5.74) is 3.12. The molecule has 1 aromatic heterocycles. The van der Waals surface area contributed by atoms with E-state index in [0.717, 1.165) is 16.9 Å². The maximum Gasteiger partial charge on any atom is 0.355 e. The number of thiazole rings is 1. The highest BCUT2D eigenvalue weighted by Gasteiger charge is 2.13. The predicted octanol–water partition coefficient (Wildman–Crippen LogP) is 4.58. The third-order valence-electron chi connectivity index (χ3n) is 3.99. The highest BCUT2D eigenvalue weighted by atomic mass is 32.1. The molecule has 1 N–H and O–H groups in total. The van der Waals surface area contributed by atoms with E-state index >= 15 is 0 Å². The van der Waals surface area contributed by atoms with Gasteiger partial charge in [-0.1, -0.05) is 24.3 Å². The van der Waals surface area contributed by atoms with Crippen LogP contribution >= 0.6 is 11.3 Å². The van der Waals surface area contributed by atoms with Crippen LogP contribution in [-0.4, -0.2) is 29.3 Å². The van der Waals surface area contributed by atoms with Crippen molar-refractivity contribution in [1.29, 1.82) is 0 Å². The monoisotopic (exact) mass is 369 g/mol. The van der Waals surface area contributed by atoms with E-state index in [9.17, 15) is 4.79 Å². The Kier molecular flexibility index (Phi) is 5.53. The van der Waals surface area contributed by atoms with Crippen LogP contribution in [0.2, 0.25) is 0 Å². The van der Waals surface area contributed by atoms with Crippen molar-refractivity contribution in [2.24, 2.45) is 0 Å². The Morgan fingerprint density at radius 1 is 1.04 bits per heavy atom. The standard InChI is InChI=1S/C20H19NO4S/c1-13-6-5-9-17(14(13)2)24-10-11-25-18-8-4-3-7-15(18)19-21-16(12-26-19)20(22)23/h3-9,12H,10-11H2,1-2H3,(H,22,23). The first-order valence-electron chi connectivity index (χ1n) is 8.16.